The first kappa shape index (κ1) is 23.3. The number of hydrogen-bond donors (Lipinski definition) is 1. The molecule has 3 aromatic carbocycles. The van der Waals surface area contributed by atoms with Crippen LogP contribution in [0.25, 0.3) is 27.7 Å². The van der Waals surface area contributed by atoms with E-state index in [2.05, 4.69) is 4.98 Å². The monoisotopic (exact) mass is 500 g/mol. The van der Waals surface area contributed by atoms with Crippen molar-refractivity contribution < 1.29 is 17.9 Å². The van der Waals surface area contributed by atoms with Gasteiger partial charge < -0.3 is 9.72 Å². The Balaban J connectivity index is 2.11. The van der Waals surface area contributed by atoms with Crippen molar-refractivity contribution in [2.24, 2.45) is 0 Å². The van der Waals surface area contributed by atoms with Crippen molar-refractivity contribution in [1.82, 2.24) is 9.38 Å². The number of para-hydroxylation sites is 1. The fraction of sp³-hybridized carbons (Fsp3) is 0.0741. The first-order valence-corrected chi connectivity index (χ1v) is 12.6. The molecule has 0 bridgehead atoms. The highest BCUT2D eigenvalue weighted by Crippen LogP contribution is 2.36. The van der Waals surface area contributed by atoms with E-state index in [1.165, 1.54) is 18.2 Å². The van der Waals surface area contributed by atoms with Gasteiger partial charge in [-0.1, -0.05) is 60.7 Å². The molecule has 0 amide bonds. The van der Waals surface area contributed by atoms with E-state index in [1.54, 1.807) is 73.7 Å². The van der Waals surface area contributed by atoms with Crippen molar-refractivity contribution >= 4 is 32.4 Å². The fourth-order valence-corrected chi connectivity index (χ4v) is 5.88. The number of benzene rings is 3. The van der Waals surface area contributed by atoms with Crippen molar-refractivity contribution in [3.05, 3.63) is 111 Å². The average molecular weight is 501 g/mol. The Hall–Kier alpha value is -4.50. The van der Waals surface area contributed by atoms with E-state index in [0.29, 0.717) is 15.5 Å². The van der Waals surface area contributed by atoms with Crippen molar-refractivity contribution in [3.8, 4) is 11.1 Å². The molecule has 2 aromatic heterocycles. The standard InChI is InChI=1S/C27H20N2O6S/c1-2-35-27(32)22-21(17-11-5-3-6-12-17)23(36(33,34)18-13-7-4-8-14-18)24-28-20-16-10-9-15-19(20)25(30)29(24)26(22)31/h3-16,28H,2H2,1H3. The zero-order chi connectivity index (χ0) is 25.4. The number of nitrogens with one attached hydrogen (secondary N) is 1. The normalized spacial score (nSPS) is 11.6. The molecule has 0 aliphatic rings. The van der Waals surface area contributed by atoms with Crippen molar-refractivity contribution in [1.29, 1.82) is 0 Å². The summed E-state index contributed by atoms with van der Waals surface area (Å²) in [6, 6.07) is 22.3. The van der Waals surface area contributed by atoms with Gasteiger partial charge in [0.25, 0.3) is 11.1 Å². The lowest BCUT2D eigenvalue weighted by Gasteiger charge is -2.18. The summed E-state index contributed by atoms with van der Waals surface area (Å²) in [5.41, 5.74) is -1.97. The average Bonchev–Trinajstić information content (AvgIpc) is 2.89. The fourth-order valence-electron chi connectivity index (χ4n) is 4.24. The molecule has 0 aliphatic heterocycles. The van der Waals surface area contributed by atoms with Crippen molar-refractivity contribution in [2.75, 3.05) is 6.61 Å². The maximum absolute atomic E-state index is 14.1. The van der Waals surface area contributed by atoms with Gasteiger partial charge in [-0.15, -0.1) is 0 Å². The molecule has 0 aliphatic carbocycles. The summed E-state index contributed by atoms with van der Waals surface area (Å²) in [7, 11) is -4.36. The lowest BCUT2D eigenvalue weighted by molar-refractivity contribution is 0.0524. The molecule has 0 fully saturated rings. The van der Waals surface area contributed by atoms with Gasteiger partial charge in [0.2, 0.25) is 9.84 Å². The van der Waals surface area contributed by atoms with Gasteiger partial charge in [-0.25, -0.2) is 17.6 Å². The SMILES string of the molecule is CCOC(=O)c1c(-c2ccccc2)c(S(=O)(=O)c2ccccc2)c2[nH]c3ccccc3c(=O)n2c1=O. The smallest absolute Gasteiger partial charge is 0.344 e. The zero-order valence-corrected chi connectivity index (χ0v) is 19.9. The molecule has 0 spiro atoms. The Morgan fingerprint density at radius 1 is 0.861 bits per heavy atom. The summed E-state index contributed by atoms with van der Waals surface area (Å²) in [5.74, 6) is -1.02. The summed E-state index contributed by atoms with van der Waals surface area (Å²) >= 11 is 0. The lowest BCUT2D eigenvalue weighted by atomic mass is 10.0. The molecule has 36 heavy (non-hydrogen) atoms. The second kappa shape index (κ2) is 8.94. The number of aromatic nitrogens is 2. The number of H-pyrrole nitrogens is 1. The predicted octanol–water partition coefficient (Wildman–Crippen LogP) is 3.82. The van der Waals surface area contributed by atoms with E-state index in [0.717, 1.165) is 0 Å². The molecule has 180 valence electrons. The van der Waals surface area contributed by atoms with Crippen LogP contribution in [0, 0.1) is 0 Å². The molecule has 1 N–H and O–H groups in total. The Bertz CT molecular complexity index is 1860. The van der Waals surface area contributed by atoms with Gasteiger partial charge in [-0.05, 0) is 36.8 Å². The van der Waals surface area contributed by atoms with Gasteiger partial charge in [0.1, 0.15) is 16.1 Å². The van der Waals surface area contributed by atoms with Gasteiger partial charge in [0.15, 0.2) is 0 Å². The quantitative estimate of drug-likeness (QED) is 0.290. The number of nitrogens with zero attached hydrogens (tertiary/aromatic N) is 1. The molecule has 5 rings (SSSR count). The minimum atomic E-state index is -4.36. The molecule has 0 saturated carbocycles. The number of pyridine rings is 1. The van der Waals surface area contributed by atoms with Crippen molar-refractivity contribution in [2.45, 2.75) is 16.7 Å². The highest BCUT2D eigenvalue weighted by molar-refractivity contribution is 7.91. The Kier molecular flexibility index (Phi) is 5.77. The number of fused-ring (bicyclic) bond motifs is 2. The number of esters is 1. The van der Waals surface area contributed by atoms with Gasteiger partial charge in [0.05, 0.1) is 22.4 Å². The van der Waals surface area contributed by atoms with Crippen LogP contribution in [0.3, 0.4) is 0 Å². The van der Waals surface area contributed by atoms with Crippen molar-refractivity contribution in [3.63, 3.8) is 0 Å². The summed E-state index contributed by atoms with van der Waals surface area (Å²) < 4.78 is 34.2. The van der Waals surface area contributed by atoms with E-state index < -0.39 is 32.5 Å². The van der Waals surface area contributed by atoms with E-state index in [4.69, 9.17) is 4.74 Å². The summed E-state index contributed by atoms with van der Waals surface area (Å²) in [6.45, 7) is 1.52. The predicted molar refractivity (Wildman–Crippen MR) is 135 cm³/mol. The molecule has 0 unspecified atom stereocenters. The summed E-state index contributed by atoms with van der Waals surface area (Å²) in [5, 5.41) is 0.164. The molecule has 2 heterocycles. The molecule has 0 radical (unpaired) electrons. The number of hydrogen-bond acceptors (Lipinski definition) is 6. The van der Waals surface area contributed by atoms with E-state index in [9.17, 15) is 22.8 Å². The number of rotatable bonds is 5. The van der Waals surface area contributed by atoms with E-state index >= 15 is 0 Å². The van der Waals surface area contributed by atoms with Gasteiger partial charge in [0, 0.05) is 5.56 Å². The largest absolute Gasteiger partial charge is 0.462 e. The second-order valence-electron chi connectivity index (χ2n) is 7.95. The molecule has 0 atom stereocenters. The maximum atomic E-state index is 14.1. The third-order valence-corrected chi connectivity index (χ3v) is 7.64. The van der Waals surface area contributed by atoms with Crippen LogP contribution in [0.15, 0.2) is 104 Å². The van der Waals surface area contributed by atoms with Crippen LogP contribution < -0.4 is 11.1 Å². The third-order valence-electron chi connectivity index (χ3n) is 5.81. The molecule has 9 heteroatoms. The molecular formula is C27H20N2O6S. The Morgan fingerprint density at radius 3 is 2.14 bits per heavy atom. The number of aromatic amines is 1. The zero-order valence-electron chi connectivity index (χ0n) is 19.1. The first-order valence-electron chi connectivity index (χ1n) is 11.1. The molecular weight excluding hydrogens is 480 g/mol. The van der Waals surface area contributed by atoms with E-state index in [1.807, 2.05) is 0 Å². The van der Waals surface area contributed by atoms with Crippen LogP contribution >= 0.6 is 0 Å². The minimum absolute atomic E-state index is 0.0515. The van der Waals surface area contributed by atoms with Gasteiger partial charge in [-0.3, -0.25) is 9.59 Å². The Labute approximate surface area is 205 Å². The van der Waals surface area contributed by atoms with Crippen LogP contribution in [0.2, 0.25) is 0 Å². The second-order valence-corrected chi connectivity index (χ2v) is 9.83. The van der Waals surface area contributed by atoms with Crippen LogP contribution in [0.5, 0.6) is 0 Å². The minimum Gasteiger partial charge on any atom is -0.462 e. The van der Waals surface area contributed by atoms with Crippen LogP contribution in [-0.4, -0.2) is 30.4 Å². The number of carbonyl (C=O) groups excluding carboxylic acids is 1. The topological polar surface area (TPSA) is 115 Å². The molecule has 8 nitrogen and oxygen atoms in total. The highest BCUT2D eigenvalue weighted by atomic mass is 32.2. The third kappa shape index (κ3) is 3.61. The lowest BCUT2D eigenvalue weighted by Crippen LogP contribution is -2.34. The van der Waals surface area contributed by atoms with Crippen LogP contribution in [0.4, 0.5) is 0 Å². The van der Waals surface area contributed by atoms with Gasteiger partial charge >= 0.3 is 5.97 Å². The number of sulfone groups is 1. The molecule has 0 saturated heterocycles. The first-order chi connectivity index (χ1) is 17.4. The molecule has 5 aromatic rings. The highest BCUT2D eigenvalue weighted by Gasteiger charge is 2.34. The number of ether oxygens (including phenoxy) is 1. The summed E-state index contributed by atoms with van der Waals surface area (Å²) in [4.78, 5) is 43.0. The van der Waals surface area contributed by atoms with Crippen LogP contribution in [0.1, 0.15) is 17.3 Å². The van der Waals surface area contributed by atoms with E-state index in [-0.39, 0.29) is 33.0 Å². The van der Waals surface area contributed by atoms with Crippen LogP contribution in [-0.2, 0) is 14.6 Å². The maximum Gasteiger partial charge on any atom is 0.344 e. The Morgan fingerprint density at radius 2 is 1.47 bits per heavy atom. The summed E-state index contributed by atoms with van der Waals surface area (Å²) in [6.07, 6.45) is 0. The van der Waals surface area contributed by atoms with Gasteiger partial charge in [-0.2, -0.15) is 0 Å². The number of carbonyl (C=O) groups is 1.